The number of hydrogen-bond acceptors (Lipinski definition) is 3. The van der Waals surface area contributed by atoms with E-state index in [4.69, 9.17) is 11.6 Å². The summed E-state index contributed by atoms with van der Waals surface area (Å²) in [4.78, 5) is 25.6. The summed E-state index contributed by atoms with van der Waals surface area (Å²) in [6.45, 7) is 2.78. The number of imide groups is 1. The topological polar surface area (TPSA) is 49.4 Å². The molecule has 1 aliphatic rings. The van der Waals surface area contributed by atoms with Crippen molar-refractivity contribution in [2.24, 2.45) is 0 Å². The Hall–Kier alpha value is -1.20. The van der Waals surface area contributed by atoms with Crippen LogP contribution < -0.4 is 5.32 Å². The predicted molar refractivity (Wildman–Crippen MR) is 71.9 cm³/mol. The molecule has 0 radical (unpaired) electrons. The second-order valence-corrected chi connectivity index (χ2v) is 5.79. The summed E-state index contributed by atoms with van der Waals surface area (Å²) >= 11 is 7.22. The zero-order valence-corrected chi connectivity index (χ0v) is 11.4. The zero-order valence-electron chi connectivity index (χ0n) is 9.85. The highest BCUT2D eigenvalue weighted by atomic mass is 35.5. The number of amides is 3. The Labute approximate surface area is 115 Å². The van der Waals surface area contributed by atoms with Crippen LogP contribution in [0.15, 0.2) is 29.2 Å². The molecule has 1 fully saturated rings. The van der Waals surface area contributed by atoms with E-state index < -0.39 is 0 Å². The molecule has 0 spiro atoms. The normalized spacial score (nSPS) is 16.6. The van der Waals surface area contributed by atoms with Crippen molar-refractivity contribution >= 4 is 35.3 Å². The number of nitrogens with one attached hydrogen (secondary N) is 1. The number of urea groups is 1. The summed E-state index contributed by atoms with van der Waals surface area (Å²) in [6.07, 6.45) is 0. The number of benzene rings is 1. The van der Waals surface area contributed by atoms with Gasteiger partial charge in [0.2, 0.25) is 5.91 Å². The van der Waals surface area contributed by atoms with Crippen LogP contribution in [0.5, 0.6) is 0 Å². The van der Waals surface area contributed by atoms with Crippen LogP contribution in [-0.4, -0.2) is 35.2 Å². The first-order valence-electron chi connectivity index (χ1n) is 5.59. The number of carbonyl (C=O) groups is 2. The molecule has 1 heterocycles. The van der Waals surface area contributed by atoms with Gasteiger partial charge in [-0.1, -0.05) is 11.6 Å². The van der Waals surface area contributed by atoms with Gasteiger partial charge in [-0.15, -0.1) is 11.8 Å². The monoisotopic (exact) mass is 284 g/mol. The fourth-order valence-electron chi connectivity index (χ4n) is 1.67. The summed E-state index contributed by atoms with van der Waals surface area (Å²) in [6, 6.07) is 6.98. The molecule has 6 heteroatoms. The van der Waals surface area contributed by atoms with E-state index in [9.17, 15) is 9.59 Å². The highest BCUT2D eigenvalue weighted by molar-refractivity contribution is 8.00. The first kappa shape index (κ1) is 13.2. The third-order valence-electron chi connectivity index (χ3n) is 2.60. The Balaban J connectivity index is 1.99. The van der Waals surface area contributed by atoms with Gasteiger partial charge in [0.1, 0.15) is 0 Å². The van der Waals surface area contributed by atoms with E-state index in [1.165, 1.54) is 16.7 Å². The Kier molecular flexibility index (Phi) is 4.14. The minimum Gasteiger partial charge on any atom is -0.336 e. The van der Waals surface area contributed by atoms with E-state index in [-0.39, 0.29) is 17.2 Å². The van der Waals surface area contributed by atoms with Gasteiger partial charge < -0.3 is 5.32 Å². The molecule has 0 bridgehead atoms. The van der Waals surface area contributed by atoms with Gasteiger partial charge in [0.15, 0.2) is 0 Å². The summed E-state index contributed by atoms with van der Waals surface area (Å²) in [5, 5.41) is 2.98. The van der Waals surface area contributed by atoms with Crippen molar-refractivity contribution in [3.05, 3.63) is 29.3 Å². The first-order chi connectivity index (χ1) is 8.58. The number of hydrogen-bond donors (Lipinski definition) is 1. The van der Waals surface area contributed by atoms with Gasteiger partial charge >= 0.3 is 6.03 Å². The Morgan fingerprint density at radius 2 is 2.11 bits per heavy atom. The van der Waals surface area contributed by atoms with Crippen molar-refractivity contribution in [1.29, 1.82) is 0 Å². The molecule has 2 rings (SSSR count). The molecule has 1 unspecified atom stereocenters. The maximum Gasteiger partial charge on any atom is 0.324 e. The van der Waals surface area contributed by atoms with Gasteiger partial charge in [0, 0.05) is 23.0 Å². The molecule has 0 aromatic heterocycles. The molecule has 18 heavy (non-hydrogen) atoms. The molecule has 1 aliphatic heterocycles. The Bertz CT molecular complexity index is 464. The number of carbonyl (C=O) groups excluding carboxylic acids is 2. The highest BCUT2D eigenvalue weighted by Gasteiger charge is 2.29. The van der Waals surface area contributed by atoms with Crippen molar-refractivity contribution in [2.75, 3.05) is 13.1 Å². The van der Waals surface area contributed by atoms with Gasteiger partial charge in [-0.05, 0) is 31.2 Å². The molecule has 1 N–H and O–H groups in total. The predicted octanol–water partition coefficient (Wildman–Crippen LogP) is 2.37. The van der Waals surface area contributed by atoms with Crippen molar-refractivity contribution < 1.29 is 9.59 Å². The standard InChI is InChI=1S/C12H13ClN2O2S/c1-8(11(16)15-7-6-14-12(15)17)18-10-4-2-9(13)3-5-10/h2-5,8H,6-7H2,1H3,(H,14,17). The largest absolute Gasteiger partial charge is 0.336 e. The lowest BCUT2D eigenvalue weighted by Gasteiger charge is -2.17. The van der Waals surface area contributed by atoms with Crippen LogP contribution in [0.25, 0.3) is 0 Å². The van der Waals surface area contributed by atoms with Gasteiger partial charge in [-0.2, -0.15) is 0 Å². The van der Waals surface area contributed by atoms with Crippen LogP contribution in [0.2, 0.25) is 5.02 Å². The van der Waals surface area contributed by atoms with Crippen LogP contribution in [0.3, 0.4) is 0 Å². The zero-order chi connectivity index (χ0) is 13.1. The lowest BCUT2D eigenvalue weighted by atomic mass is 10.4. The van der Waals surface area contributed by atoms with Crippen molar-refractivity contribution in [1.82, 2.24) is 10.2 Å². The van der Waals surface area contributed by atoms with Crippen molar-refractivity contribution in [2.45, 2.75) is 17.1 Å². The summed E-state index contributed by atoms with van der Waals surface area (Å²) < 4.78 is 0. The fraction of sp³-hybridized carbons (Fsp3) is 0.333. The van der Waals surface area contributed by atoms with Crippen molar-refractivity contribution in [3.8, 4) is 0 Å². The second kappa shape index (κ2) is 5.63. The van der Waals surface area contributed by atoms with Gasteiger partial charge in [0.05, 0.1) is 5.25 Å². The summed E-state index contributed by atoms with van der Waals surface area (Å²) in [5.41, 5.74) is 0. The van der Waals surface area contributed by atoms with Gasteiger partial charge in [-0.3, -0.25) is 9.69 Å². The number of rotatable bonds is 3. The van der Waals surface area contributed by atoms with E-state index in [0.717, 1.165) is 4.90 Å². The molecule has 1 aromatic carbocycles. The second-order valence-electron chi connectivity index (χ2n) is 3.94. The molecule has 1 saturated heterocycles. The average molecular weight is 285 g/mol. The quantitative estimate of drug-likeness (QED) is 0.867. The van der Waals surface area contributed by atoms with Crippen LogP contribution >= 0.6 is 23.4 Å². The van der Waals surface area contributed by atoms with Gasteiger partial charge in [-0.25, -0.2) is 4.79 Å². The van der Waals surface area contributed by atoms with Crippen LogP contribution in [0.4, 0.5) is 4.79 Å². The molecular weight excluding hydrogens is 272 g/mol. The first-order valence-corrected chi connectivity index (χ1v) is 6.85. The minimum absolute atomic E-state index is 0.162. The van der Waals surface area contributed by atoms with E-state index in [2.05, 4.69) is 5.32 Å². The molecule has 0 saturated carbocycles. The Morgan fingerprint density at radius 1 is 1.44 bits per heavy atom. The maximum atomic E-state index is 12.0. The molecule has 1 atom stereocenters. The van der Waals surface area contributed by atoms with E-state index >= 15 is 0 Å². The molecular formula is C12H13ClN2O2S. The summed E-state index contributed by atoms with van der Waals surface area (Å²) in [7, 11) is 0. The van der Waals surface area contributed by atoms with E-state index in [1.807, 2.05) is 12.1 Å². The fourth-order valence-corrected chi connectivity index (χ4v) is 2.72. The number of halogens is 1. The molecule has 3 amide bonds. The molecule has 0 aliphatic carbocycles. The lowest BCUT2D eigenvalue weighted by Crippen LogP contribution is -2.38. The average Bonchev–Trinajstić information content (AvgIpc) is 2.77. The third-order valence-corrected chi connectivity index (χ3v) is 3.95. The Morgan fingerprint density at radius 3 is 2.67 bits per heavy atom. The van der Waals surface area contributed by atoms with Crippen LogP contribution in [0.1, 0.15) is 6.92 Å². The number of nitrogens with zero attached hydrogens (tertiary/aromatic N) is 1. The van der Waals surface area contributed by atoms with E-state index in [0.29, 0.717) is 18.1 Å². The summed E-state index contributed by atoms with van der Waals surface area (Å²) in [5.74, 6) is -0.162. The van der Waals surface area contributed by atoms with Crippen LogP contribution in [0, 0.1) is 0 Å². The molecule has 1 aromatic rings. The minimum atomic E-state index is -0.302. The van der Waals surface area contributed by atoms with Crippen molar-refractivity contribution in [3.63, 3.8) is 0 Å². The van der Waals surface area contributed by atoms with Gasteiger partial charge in [0.25, 0.3) is 0 Å². The third kappa shape index (κ3) is 2.97. The maximum absolute atomic E-state index is 12.0. The molecule has 4 nitrogen and oxygen atoms in total. The highest BCUT2D eigenvalue weighted by Crippen LogP contribution is 2.26. The smallest absolute Gasteiger partial charge is 0.324 e. The van der Waals surface area contributed by atoms with E-state index in [1.54, 1.807) is 19.1 Å². The molecule has 96 valence electrons. The SMILES string of the molecule is CC(Sc1ccc(Cl)cc1)C(=O)N1CCNC1=O. The lowest BCUT2D eigenvalue weighted by molar-refractivity contribution is -0.126. The van der Waals surface area contributed by atoms with Crippen LogP contribution in [-0.2, 0) is 4.79 Å². The number of thioether (sulfide) groups is 1.